The van der Waals surface area contributed by atoms with Gasteiger partial charge in [-0.25, -0.2) is 4.98 Å². The van der Waals surface area contributed by atoms with Crippen LogP contribution in [0, 0.1) is 0 Å². The summed E-state index contributed by atoms with van der Waals surface area (Å²) in [4.78, 5) is 9.86. The molecule has 4 heteroatoms. The molecule has 0 aliphatic carbocycles. The van der Waals surface area contributed by atoms with Crippen LogP contribution in [0.5, 0.6) is 0 Å². The van der Waals surface area contributed by atoms with E-state index in [1.807, 2.05) is 0 Å². The Labute approximate surface area is 230 Å². The van der Waals surface area contributed by atoms with Crippen LogP contribution in [0.2, 0.25) is 0 Å². The highest BCUT2D eigenvalue weighted by atomic mass is 15.2. The van der Waals surface area contributed by atoms with Gasteiger partial charge in [-0.2, -0.15) is 0 Å². The molecule has 1 heterocycles. The van der Waals surface area contributed by atoms with Gasteiger partial charge in [-0.1, -0.05) is 106 Å². The van der Waals surface area contributed by atoms with Gasteiger partial charge in [0, 0.05) is 45.0 Å². The maximum atomic E-state index is 5.03. The number of rotatable bonds is 14. The number of unbranched alkanes of at least 4 members (excludes halogenated alkanes) is 2. The highest BCUT2D eigenvalue weighted by Gasteiger charge is 2.26. The van der Waals surface area contributed by atoms with E-state index >= 15 is 0 Å². The second-order valence-corrected chi connectivity index (χ2v) is 10.5. The lowest BCUT2D eigenvalue weighted by atomic mass is 10.0. The zero-order chi connectivity index (χ0) is 26.7. The predicted octanol–water partition coefficient (Wildman–Crippen LogP) is 8.35. The molecule has 0 aliphatic heterocycles. The monoisotopic (exact) mass is 508 g/mol. The minimum atomic E-state index is 0.283. The first-order valence-corrected chi connectivity index (χ1v) is 14.3. The summed E-state index contributed by atoms with van der Waals surface area (Å²) in [6.45, 7) is 7.37. The standard InChI is InChI=1S/C34H44N4/c1-5-7-19-32(33-25-35-34(38(33)24-8-6-2)30-17-13-10-14-18-30)37(26-28-15-11-9-12-16-28)27-29-20-22-31(23-21-29)36(3)4/h9-18,20-23,25,32H,5-8,19,24,26-27H2,1-4H3. The van der Waals surface area contributed by atoms with Crippen molar-refractivity contribution in [2.24, 2.45) is 0 Å². The first kappa shape index (κ1) is 27.7. The van der Waals surface area contributed by atoms with Crippen molar-refractivity contribution in [2.75, 3.05) is 19.0 Å². The van der Waals surface area contributed by atoms with Gasteiger partial charge in [-0.3, -0.25) is 4.90 Å². The number of aromatic nitrogens is 2. The maximum absolute atomic E-state index is 5.03. The van der Waals surface area contributed by atoms with Gasteiger partial charge in [-0.15, -0.1) is 0 Å². The van der Waals surface area contributed by atoms with Crippen LogP contribution >= 0.6 is 0 Å². The molecule has 1 unspecified atom stereocenters. The lowest BCUT2D eigenvalue weighted by Crippen LogP contribution is -2.30. The molecule has 1 aromatic heterocycles. The Morgan fingerprint density at radius 1 is 0.737 bits per heavy atom. The van der Waals surface area contributed by atoms with E-state index in [9.17, 15) is 0 Å². The average Bonchev–Trinajstić information content (AvgIpc) is 3.37. The van der Waals surface area contributed by atoms with Crippen LogP contribution in [0.4, 0.5) is 5.69 Å². The van der Waals surface area contributed by atoms with Crippen molar-refractivity contribution in [3.05, 3.63) is 108 Å². The fourth-order valence-corrected chi connectivity index (χ4v) is 5.17. The van der Waals surface area contributed by atoms with Crippen molar-refractivity contribution < 1.29 is 0 Å². The van der Waals surface area contributed by atoms with Gasteiger partial charge in [0.1, 0.15) is 5.82 Å². The predicted molar refractivity (Wildman–Crippen MR) is 161 cm³/mol. The largest absolute Gasteiger partial charge is 0.378 e. The van der Waals surface area contributed by atoms with E-state index in [2.05, 4.69) is 133 Å². The van der Waals surface area contributed by atoms with E-state index in [1.54, 1.807) is 0 Å². The van der Waals surface area contributed by atoms with Gasteiger partial charge < -0.3 is 9.47 Å². The van der Waals surface area contributed by atoms with Crippen LogP contribution < -0.4 is 4.90 Å². The number of hydrogen-bond acceptors (Lipinski definition) is 3. The summed E-state index contributed by atoms with van der Waals surface area (Å²) < 4.78 is 2.51. The highest BCUT2D eigenvalue weighted by Crippen LogP contribution is 2.33. The lowest BCUT2D eigenvalue weighted by Gasteiger charge is -2.33. The van der Waals surface area contributed by atoms with Crippen LogP contribution in [0.25, 0.3) is 11.4 Å². The van der Waals surface area contributed by atoms with E-state index in [1.165, 1.54) is 40.9 Å². The zero-order valence-corrected chi connectivity index (χ0v) is 23.7. The fraction of sp³-hybridized carbons (Fsp3) is 0.382. The normalized spacial score (nSPS) is 12.1. The van der Waals surface area contributed by atoms with Crippen LogP contribution in [-0.4, -0.2) is 28.5 Å². The third-order valence-corrected chi connectivity index (χ3v) is 7.33. The van der Waals surface area contributed by atoms with E-state index in [0.29, 0.717) is 0 Å². The summed E-state index contributed by atoms with van der Waals surface area (Å²) in [6, 6.07) is 30.9. The molecule has 4 nitrogen and oxygen atoms in total. The maximum Gasteiger partial charge on any atom is 0.140 e. The smallest absolute Gasteiger partial charge is 0.140 e. The topological polar surface area (TPSA) is 24.3 Å². The van der Waals surface area contributed by atoms with Crippen molar-refractivity contribution in [1.82, 2.24) is 14.5 Å². The van der Waals surface area contributed by atoms with E-state index in [-0.39, 0.29) is 6.04 Å². The number of benzene rings is 3. The van der Waals surface area contributed by atoms with E-state index in [0.717, 1.165) is 44.7 Å². The molecular formula is C34H44N4. The van der Waals surface area contributed by atoms with Gasteiger partial charge in [0.2, 0.25) is 0 Å². The minimum Gasteiger partial charge on any atom is -0.378 e. The molecule has 0 spiro atoms. The first-order valence-electron chi connectivity index (χ1n) is 14.3. The SMILES string of the molecule is CCCCC(c1cnc(-c2ccccc2)n1CCCC)N(Cc1ccccc1)Cc1ccc(N(C)C)cc1. The van der Waals surface area contributed by atoms with Crippen LogP contribution in [-0.2, 0) is 19.6 Å². The summed E-state index contributed by atoms with van der Waals surface area (Å²) in [5.74, 6) is 1.09. The van der Waals surface area contributed by atoms with Crippen molar-refractivity contribution in [1.29, 1.82) is 0 Å². The molecule has 0 fully saturated rings. The summed E-state index contributed by atoms with van der Waals surface area (Å²) in [5, 5.41) is 0. The third-order valence-electron chi connectivity index (χ3n) is 7.33. The summed E-state index contributed by atoms with van der Waals surface area (Å²) in [5.41, 5.74) is 6.46. The highest BCUT2D eigenvalue weighted by molar-refractivity contribution is 5.56. The van der Waals surface area contributed by atoms with Crippen molar-refractivity contribution in [3.63, 3.8) is 0 Å². The number of hydrogen-bond donors (Lipinski definition) is 0. The van der Waals surface area contributed by atoms with E-state index in [4.69, 9.17) is 4.98 Å². The molecule has 1 atom stereocenters. The van der Waals surface area contributed by atoms with Gasteiger partial charge >= 0.3 is 0 Å². The molecule has 0 saturated carbocycles. The van der Waals surface area contributed by atoms with Gasteiger partial charge in [0.25, 0.3) is 0 Å². The van der Waals surface area contributed by atoms with Crippen LogP contribution in [0.15, 0.2) is 91.1 Å². The molecule has 4 rings (SSSR count). The fourth-order valence-electron chi connectivity index (χ4n) is 5.17. The second kappa shape index (κ2) is 14.0. The summed E-state index contributed by atoms with van der Waals surface area (Å²) in [6.07, 6.45) is 7.96. The summed E-state index contributed by atoms with van der Waals surface area (Å²) in [7, 11) is 4.19. The molecule has 200 valence electrons. The number of anilines is 1. The number of imidazole rings is 1. The molecule has 0 radical (unpaired) electrons. The second-order valence-electron chi connectivity index (χ2n) is 10.5. The average molecular weight is 509 g/mol. The van der Waals surface area contributed by atoms with Crippen LogP contribution in [0.1, 0.15) is 68.8 Å². The third kappa shape index (κ3) is 7.14. The molecule has 38 heavy (non-hydrogen) atoms. The van der Waals surface area contributed by atoms with Crippen molar-refractivity contribution >= 4 is 5.69 Å². The van der Waals surface area contributed by atoms with Gasteiger partial charge in [0.05, 0.1) is 17.9 Å². The Kier molecular flexibility index (Phi) is 10.2. The zero-order valence-electron chi connectivity index (χ0n) is 23.7. The molecule has 0 aliphatic rings. The van der Waals surface area contributed by atoms with Crippen molar-refractivity contribution in [3.8, 4) is 11.4 Å². The molecular weight excluding hydrogens is 464 g/mol. The minimum absolute atomic E-state index is 0.283. The molecule has 4 aromatic rings. The molecule has 0 amide bonds. The molecule has 0 bridgehead atoms. The quantitative estimate of drug-likeness (QED) is 0.171. The summed E-state index contributed by atoms with van der Waals surface area (Å²) >= 11 is 0. The Morgan fingerprint density at radius 3 is 1.95 bits per heavy atom. The lowest BCUT2D eigenvalue weighted by molar-refractivity contribution is 0.159. The Hall–Kier alpha value is -3.37. The molecule has 0 saturated heterocycles. The van der Waals surface area contributed by atoms with Crippen LogP contribution in [0.3, 0.4) is 0 Å². The number of nitrogens with zero attached hydrogens (tertiary/aromatic N) is 4. The Balaban J connectivity index is 1.75. The Morgan fingerprint density at radius 2 is 1.34 bits per heavy atom. The Bertz CT molecular complexity index is 1210. The van der Waals surface area contributed by atoms with Gasteiger partial charge in [-0.05, 0) is 36.1 Å². The van der Waals surface area contributed by atoms with Gasteiger partial charge in [0.15, 0.2) is 0 Å². The first-order chi connectivity index (χ1) is 18.6. The van der Waals surface area contributed by atoms with E-state index < -0.39 is 0 Å². The molecule has 0 N–H and O–H groups in total. The van der Waals surface area contributed by atoms with Crippen molar-refractivity contribution in [2.45, 2.75) is 71.6 Å². The molecule has 3 aromatic carbocycles.